The van der Waals surface area contributed by atoms with Crippen LogP contribution in [0.1, 0.15) is 54.4 Å². The number of hydrogen-bond acceptors (Lipinski definition) is 5. The molecule has 1 aliphatic carbocycles. The molecule has 176 valence electrons. The van der Waals surface area contributed by atoms with E-state index in [4.69, 9.17) is 14.2 Å². The third-order valence-corrected chi connectivity index (χ3v) is 6.67. The van der Waals surface area contributed by atoms with E-state index in [2.05, 4.69) is 43.4 Å². The topological polar surface area (TPSA) is 60.0 Å². The molecule has 0 saturated carbocycles. The van der Waals surface area contributed by atoms with E-state index in [1.165, 1.54) is 22.3 Å². The summed E-state index contributed by atoms with van der Waals surface area (Å²) in [7, 11) is 3.33. The van der Waals surface area contributed by atoms with E-state index in [1.807, 2.05) is 6.07 Å². The molecule has 0 aliphatic heterocycles. The predicted octanol–water partition coefficient (Wildman–Crippen LogP) is 4.77. The molecule has 1 aliphatic rings. The summed E-state index contributed by atoms with van der Waals surface area (Å²) in [5.74, 6) is 2.48. The third-order valence-electron chi connectivity index (χ3n) is 6.67. The predicted molar refractivity (Wildman–Crippen MR) is 129 cm³/mol. The molecule has 3 rings (SSSR count). The molecule has 5 heteroatoms. The van der Waals surface area contributed by atoms with Gasteiger partial charge < -0.3 is 24.6 Å². The number of aryl methyl sites for hydroxylation is 4. The van der Waals surface area contributed by atoms with Gasteiger partial charge in [-0.2, -0.15) is 0 Å². The van der Waals surface area contributed by atoms with Crippen LogP contribution in [0.15, 0.2) is 30.3 Å². The van der Waals surface area contributed by atoms with Gasteiger partial charge in [-0.25, -0.2) is 0 Å². The van der Waals surface area contributed by atoms with Crippen molar-refractivity contribution in [1.29, 1.82) is 0 Å². The van der Waals surface area contributed by atoms with Crippen molar-refractivity contribution in [2.45, 2.75) is 64.4 Å². The van der Waals surface area contributed by atoms with Crippen LogP contribution in [0.3, 0.4) is 0 Å². The Morgan fingerprint density at radius 3 is 2.09 bits per heavy atom. The highest BCUT2D eigenvalue weighted by atomic mass is 16.5. The molecule has 0 bridgehead atoms. The molecule has 0 fully saturated rings. The second-order valence-electron chi connectivity index (χ2n) is 9.00. The highest BCUT2D eigenvalue weighted by Crippen LogP contribution is 2.37. The van der Waals surface area contributed by atoms with Gasteiger partial charge in [-0.3, -0.25) is 0 Å². The number of rotatable bonds is 11. The maximum Gasteiger partial charge on any atom is 0.161 e. The molecule has 0 heterocycles. The normalized spacial score (nSPS) is 15.0. The van der Waals surface area contributed by atoms with E-state index in [-0.39, 0.29) is 0 Å². The van der Waals surface area contributed by atoms with Gasteiger partial charge in [0.05, 0.1) is 26.4 Å². The minimum Gasteiger partial charge on any atom is -0.494 e. The molecule has 0 aromatic heterocycles. The number of methoxy groups -OCH3 is 2. The summed E-state index contributed by atoms with van der Waals surface area (Å²) in [6, 6.07) is 10.4. The van der Waals surface area contributed by atoms with Gasteiger partial charge in [0.2, 0.25) is 0 Å². The zero-order valence-corrected chi connectivity index (χ0v) is 20.1. The minimum atomic E-state index is -0.604. The van der Waals surface area contributed by atoms with Gasteiger partial charge in [0.1, 0.15) is 5.75 Å². The Morgan fingerprint density at radius 2 is 1.50 bits per heavy atom. The summed E-state index contributed by atoms with van der Waals surface area (Å²) in [5, 5.41) is 14.7. The summed E-state index contributed by atoms with van der Waals surface area (Å²) >= 11 is 0. The zero-order valence-electron chi connectivity index (χ0n) is 20.1. The lowest BCUT2D eigenvalue weighted by atomic mass is 9.89. The Morgan fingerprint density at radius 1 is 0.875 bits per heavy atom. The van der Waals surface area contributed by atoms with Crippen molar-refractivity contribution >= 4 is 0 Å². The van der Waals surface area contributed by atoms with E-state index in [1.54, 1.807) is 14.2 Å². The lowest BCUT2D eigenvalue weighted by molar-refractivity contribution is 0.0154. The Hall–Kier alpha value is -2.24. The van der Waals surface area contributed by atoms with Crippen LogP contribution < -0.4 is 19.5 Å². The number of fused-ring (bicyclic) bond motifs is 1. The average molecular weight is 442 g/mol. The second-order valence-corrected chi connectivity index (χ2v) is 9.00. The van der Waals surface area contributed by atoms with Crippen LogP contribution in [0, 0.1) is 13.8 Å². The fraction of sp³-hybridized carbons (Fsp3) is 0.556. The first kappa shape index (κ1) is 24.4. The molecule has 0 spiro atoms. The summed E-state index contributed by atoms with van der Waals surface area (Å²) in [6.45, 7) is 6.78. The molecule has 5 nitrogen and oxygen atoms in total. The molecule has 0 radical (unpaired) electrons. The minimum absolute atomic E-state index is 0.604. The first-order chi connectivity index (χ1) is 15.4. The van der Waals surface area contributed by atoms with Gasteiger partial charge in [0.15, 0.2) is 11.5 Å². The molecular formula is C27H39NO4. The average Bonchev–Trinajstić information content (AvgIpc) is 2.96. The van der Waals surface area contributed by atoms with Crippen molar-refractivity contribution in [2.24, 2.45) is 0 Å². The van der Waals surface area contributed by atoms with E-state index in [0.29, 0.717) is 6.61 Å². The van der Waals surface area contributed by atoms with Gasteiger partial charge in [0.25, 0.3) is 0 Å². The molecule has 0 atom stereocenters. The second kappa shape index (κ2) is 11.6. The Kier molecular flexibility index (Phi) is 8.83. The van der Waals surface area contributed by atoms with Crippen molar-refractivity contribution in [1.82, 2.24) is 5.32 Å². The highest BCUT2D eigenvalue weighted by Gasteiger charge is 2.29. The molecule has 32 heavy (non-hydrogen) atoms. The van der Waals surface area contributed by atoms with Crippen molar-refractivity contribution in [3.05, 3.63) is 52.6 Å². The van der Waals surface area contributed by atoms with Gasteiger partial charge in [-0.15, -0.1) is 0 Å². The highest BCUT2D eigenvalue weighted by molar-refractivity contribution is 5.48. The van der Waals surface area contributed by atoms with E-state index >= 15 is 0 Å². The zero-order chi connectivity index (χ0) is 23.0. The van der Waals surface area contributed by atoms with Crippen LogP contribution in [-0.4, -0.2) is 44.6 Å². The molecule has 0 unspecified atom stereocenters. The Bertz CT molecular complexity index is 845. The van der Waals surface area contributed by atoms with Crippen LogP contribution in [-0.2, 0) is 12.8 Å². The first-order valence-electron chi connectivity index (χ1n) is 11.8. The van der Waals surface area contributed by atoms with E-state index in [0.717, 1.165) is 75.3 Å². The fourth-order valence-electron chi connectivity index (χ4n) is 4.40. The fourth-order valence-corrected chi connectivity index (χ4v) is 4.40. The lowest BCUT2D eigenvalue weighted by Crippen LogP contribution is -2.30. The van der Waals surface area contributed by atoms with E-state index in [9.17, 15) is 5.11 Å². The Labute approximate surface area is 193 Å². The molecule has 2 aromatic rings. The summed E-state index contributed by atoms with van der Waals surface area (Å²) < 4.78 is 16.7. The van der Waals surface area contributed by atoms with Crippen LogP contribution in [0.2, 0.25) is 0 Å². The van der Waals surface area contributed by atoms with Crippen molar-refractivity contribution < 1.29 is 19.3 Å². The van der Waals surface area contributed by atoms with Crippen LogP contribution >= 0.6 is 0 Å². The molecule has 0 saturated heterocycles. The van der Waals surface area contributed by atoms with Crippen LogP contribution in [0.25, 0.3) is 0 Å². The number of hydrogen-bond donors (Lipinski definition) is 2. The monoisotopic (exact) mass is 441 g/mol. The summed E-state index contributed by atoms with van der Waals surface area (Å²) in [6.07, 6.45) is 6.08. The summed E-state index contributed by atoms with van der Waals surface area (Å²) in [4.78, 5) is 0. The van der Waals surface area contributed by atoms with Crippen molar-refractivity contribution in [2.75, 3.05) is 33.9 Å². The quantitative estimate of drug-likeness (QED) is 0.389. The standard InChI is InChI=1S/C27H39NO4/c1-20-7-8-24(17-21(20)2)32-16-6-15-28-14-5-11-27(29)12-9-22-18-25(30-3)26(31-4)19-23(22)10-13-27/h7-8,17-19,28-29H,5-6,9-16H2,1-4H3. The largest absolute Gasteiger partial charge is 0.494 e. The van der Waals surface area contributed by atoms with Crippen LogP contribution in [0.4, 0.5) is 0 Å². The molecule has 2 aromatic carbocycles. The van der Waals surface area contributed by atoms with Crippen LogP contribution in [0.5, 0.6) is 17.2 Å². The van der Waals surface area contributed by atoms with Gasteiger partial charge >= 0.3 is 0 Å². The summed E-state index contributed by atoms with van der Waals surface area (Å²) in [5.41, 5.74) is 4.48. The van der Waals surface area contributed by atoms with Gasteiger partial charge in [0, 0.05) is 0 Å². The number of aliphatic hydroxyl groups is 1. The Balaban J connectivity index is 1.34. The number of ether oxygens (including phenoxy) is 3. The smallest absolute Gasteiger partial charge is 0.161 e. The van der Waals surface area contributed by atoms with Crippen molar-refractivity contribution in [3.8, 4) is 17.2 Å². The van der Waals surface area contributed by atoms with Crippen molar-refractivity contribution in [3.63, 3.8) is 0 Å². The third kappa shape index (κ3) is 6.63. The van der Waals surface area contributed by atoms with Gasteiger partial charge in [-0.1, -0.05) is 6.07 Å². The first-order valence-corrected chi connectivity index (χ1v) is 11.8. The van der Waals surface area contributed by atoms with Gasteiger partial charge in [-0.05, 0) is 118 Å². The maximum atomic E-state index is 11.2. The molecule has 0 amide bonds. The lowest BCUT2D eigenvalue weighted by Gasteiger charge is -2.26. The molecular weight excluding hydrogens is 402 g/mol. The number of nitrogens with one attached hydrogen (secondary N) is 1. The number of benzene rings is 2. The van der Waals surface area contributed by atoms with E-state index < -0.39 is 5.60 Å². The maximum absolute atomic E-state index is 11.2. The molecule has 2 N–H and O–H groups in total. The SMILES string of the molecule is COc1cc2c(cc1OC)CCC(O)(CCCNCCCOc1ccc(C)c(C)c1)CC2.